The van der Waals surface area contributed by atoms with Gasteiger partial charge in [0.2, 0.25) is 5.91 Å². The minimum Gasteiger partial charge on any atom is -0.508 e. The maximum absolute atomic E-state index is 14.0. The third-order valence-corrected chi connectivity index (χ3v) is 5.92. The summed E-state index contributed by atoms with van der Waals surface area (Å²) < 4.78 is 5.40. The van der Waals surface area contributed by atoms with E-state index in [1.807, 2.05) is 45.9 Å². The highest BCUT2D eigenvalue weighted by atomic mass is 16.6. The highest BCUT2D eigenvalue weighted by Gasteiger charge is 2.36. The lowest BCUT2D eigenvalue weighted by Crippen LogP contribution is -2.53. The Morgan fingerprint density at radius 1 is 1.05 bits per heavy atom. The second-order valence-corrected chi connectivity index (χ2v) is 10.9. The van der Waals surface area contributed by atoms with Gasteiger partial charge in [-0.15, -0.1) is 0 Å². The van der Waals surface area contributed by atoms with Gasteiger partial charge < -0.3 is 20.5 Å². The SMILES string of the molecule is C#CN(C(=O)C(Cc1ccc(O)cc1)NC(=O)OC(C)(C)C)C(C(=O)NC(C)CCC)c1cc(C)cc(C)c1. The molecule has 0 radical (unpaired) electrons. The smallest absolute Gasteiger partial charge is 0.408 e. The molecule has 0 bridgehead atoms. The maximum atomic E-state index is 14.0. The monoisotopic (exact) mass is 535 g/mol. The lowest BCUT2D eigenvalue weighted by Gasteiger charge is -2.31. The van der Waals surface area contributed by atoms with E-state index in [2.05, 4.69) is 16.7 Å². The number of benzene rings is 2. The molecule has 3 atom stereocenters. The fourth-order valence-corrected chi connectivity index (χ4v) is 4.36. The number of phenolic OH excluding ortho intramolecular Hbond substituents is 1. The Balaban J connectivity index is 2.53. The number of carbonyl (C=O) groups is 3. The topological polar surface area (TPSA) is 108 Å². The van der Waals surface area contributed by atoms with Gasteiger partial charge in [0.05, 0.1) is 0 Å². The van der Waals surface area contributed by atoms with Gasteiger partial charge in [-0.1, -0.05) is 61.2 Å². The molecule has 0 aliphatic rings. The number of carbonyl (C=O) groups excluding carboxylic acids is 3. The Morgan fingerprint density at radius 3 is 2.15 bits per heavy atom. The molecular weight excluding hydrogens is 494 g/mol. The predicted octanol–water partition coefficient (Wildman–Crippen LogP) is 4.91. The number of alkyl carbamates (subject to hydrolysis) is 1. The number of rotatable bonds is 10. The minimum absolute atomic E-state index is 0.0595. The molecule has 210 valence electrons. The molecule has 8 nitrogen and oxygen atoms in total. The van der Waals surface area contributed by atoms with Gasteiger partial charge in [0, 0.05) is 18.5 Å². The second-order valence-electron chi connectivity index (χ2n) is 10.9. The van der Waals surface area contributed by atoms with Crippen LogP contribution in [0.5, 0.6) is 5.75 Å². The van der Waals surface area contributed by atoms with E-state index >= 15 is 0 Å². The minimum atomic E-state index is -1.14. The molecule has 0 fully saturated rings. The zero-order chi connectivity index (χ0) is 29.3. The van der Waals surface area contributed by atoms with E-state index in [4.69, 9.17) is 11.2 Å². The number of aryl methyl sites for hydroxylation is 2. The summed E-state index contributed by atoms with van der Waals surface area (Å²) in [7, 11) is 0. The molecule has 2 rings (SSSR count). The number of hydrogen-bond donors (Lipinski definition) is 3. The summed E-state index contributed by atoms with van der Waals surface area (Å²) in [5, 5.41) is 15.3. The van der Waals surface area contributed by atoms with Crippen LogP contribution in [0.3, 0.4) is 0 Å². The summed E-state index contributed by atoms with van der Waals surface area (Å²) in [6.45, 7) is 12.9. The van der Waals surface area contributed by atoms with Gasteiger partial charge in [-0.25, -0.2) is 4.79 Å². The van der Waals surface area contributed by atoms with Crippen molar-refractivity contribution in [1.29, 1.82) is 0 Å². The molecule has 0 aromatic heterocycles. The van der Waals surface area contributed by atoms with E-state index in [-0.39, 0.29) is 18.2 Å². The van der Waals surface area contributed by atoms with E-state index in [0.717, 1.165) is 28.9 Å². The highest BCUT2D eigenvalue weighted by Crippen LogP contribution is 2.25. The Kier molecular flexibility index (Phi) is 11.0. The van der Waals surface area contributed by atoms with Crippen molar-refractivity contribution < 1.29 is 24.2 Å². The van der Waals surface area contributed by atoms with E-state index < -0.39 is 35.6 Å². The van der Waals surface area contributed by atoms with E-state index in [1.54, 1.807) is 32.9 Å². The average Bonchev–Trinajstić information content (AvgIpc) is 2.81. The molecule has 0 heterocycles. The largest absolute Gasteiger partial charge is 0.508 e. The number of nitrogens with zero attached hydrogens (tertiary/aromatic N) is 1. The van der Waals surface area contributed by atoms with Gasteiger partial charge in [-0.3, -0.25) is 14.5 Å². The van der Waals surface area contributed by atoms with Crippen molar-refractivity contribution in [2.45, 2.75) is 91.5 Å². The van der Waals surface area contributed by atoms with Crippen LogP contribution < -0.4 is 10.6 Å². The van der Waals surface area contributed by atoms with Crippen molar-refractivity contribution in [3.05, 3.63) is 64.7 Å². The molecule has 0 saturated carbocycles. The van der Waals surface area contributed by atoms with E-state index in [9.17, 15) is 19.5 Å². The lowest BCUT2D eigenvalue weighted by atomic mass is 9.97. The zero-order valence-corrected chi connectivity index (χ0v) is 24.0. The normalized spacial score (nSPS) is 13.4. The summed E-state index contributed by atoms with van der Waals surface area (Å²) >= 11 is 0. The first-order valence-corrected chi connectivity index (χ1v) is 13.2. The molecule has 0 spiro atoms. The van der Waals surface area contributed by atoms with Crippen molar-refractivity contribution in [2.24, 2.45) is 0 Å². The molecule has 3 amide bonds. The Bertz CT molecular complexity index is 1170. The number of aromatic hydroxyl groups is 1. The van der Waals surface area contributed by atoms with E-state index in [0.29, 0.717) is 11.1 Å². The molecule has 2 aromatic carbocycles. The van der Waals surface area contributed by atoms with Crippen LogP contribution in [-0.2, 0) is 20.7 Å². The van der Waals surface area contributed by atoms with Crippen LogP contribution in [0.25, 0.3) is 0 Å². The third kappa shape index (κ3) is 9.68. The first-order valence-electron chi connectivity index (χ1n) is 13.2. The molecule has 39 heavy (non-hydrogen) atoms. The first-order chi connectivity index (χ1) is 18.2. The highest BCUT2D eigenvalue weighted by molar-refractivity contribution is 5.93. The molecule has 8 heteroatoms. The predicted molar refractivity (Wildman–Crippen MR) is 152 cm³/mol. The number of ether oxygens (including phenoxy) is 1. The van der Waals surface area contributed by atoms with Gasteiger partial charge in [0.15, 0.2) is 0 Å². The molecule has 2 aromatic rings. The van der Waals surface area contributed by atoms with Crippen LogP contribution in [0.4, 0.5) is 4.79 Å². The van der Waals surface area contributed by atoms with Crippen LogP contribution in [0.1, 0.15) is 75.8 Å². The Labute approximate surface area is 232 Å². The van der Waals surface area contributed by atoms with Crippen molar-refractivity contribution in [3.8, 4) is 18.2 Å². The summed E-state index contributed by atoms with van der Waals surface area (Å²) in [5.74, 6) is -0.980. The number of hydrogen-bond acceptors (Lipinski definition) is 5. The van der Waals surface area contributed by atoms with E-state index in [1.165, 1.54) is 12.1 Å². The van der Waals surface area contributed by atoms with Gasteiger partial charge in [-0.2, -0.15) is 0 Å². The average molecular weight is 536 g/mol. The van der Waals surface area contributed by atoms with Gasteiger partial charge in [0.25, 0.3) is 5.91 Å². The van der Waals surface area contributed by atoms with Gasteiger partial charge in [0.1, 0.15) is 23.4 Å². The van der Waals surface area contributed by atoms with Gasteiger partial charge in [-0.05, 0) is 71.2 Å². The standard InChI is InChI=1S/C31H41N3O5/c1-9-11-22(5)32-28(36)27(24-17-20(3)16-21(4)18-24)34(10-2)29(37)26(33-30(38)39-31(6,7)8)19-23-12-14-25(35)15-13-23/h2,12-18,22,26-27,35H,9,11,19H2,1,3-8H3,(H,32,36)(H,33,38). The number of terminal acetylenes is 1. The van der Waals surface area contributed by atoms with Crippen LogP contribution in [0.15, 0.2) is 42.5 Å². The number of phenols is 1. The van der Waals surface area contributed by atoms with Crippen LogP contribution in [-0.4, -0.2) is 45.6 Å². The fraction of sp³-hybridized carbons (Fsp3) is 0.452. The lowest BCUT2D eigenvalue weighted by molar-refractivity contribution is -0.138. The number of amides is 3. The van der Waals surface area contributed by atoms with Crippen LogP contribution >= 0.6 is 0 Å². The molecule has 0 aliphatic carbocycles. The van der Waals surface area contributed by atoms with Crippen molar-refractivity contribution in [3.63, 3.8) is 0 Å². The molecule has 0 aliphatic heterocycles. The van der Waals surface area contributed by atoms with Gasteiger partial charge >= 0.3 is 6.09 Å². The molecule has 0 saturated heterocycles. The maximum Gasteiger partial charge on any atom is 0.408 e. The fourth-order valence-electron chi connectivity index (χ4n) is 4.36. The summed E-state index contributed by atoms with van der Waals surface area (Å²) in [6.07, 6.45) is 6.81. The summed E-state index contributed by atoms with van der Waals surface area (Å²) in [4.78, 5) is 41.5. The third-order valence-electron chi connectivity index (χ3n) is 5.92. The Hall–Kier alpha value is -3.99. The quantitative estimate of drug-likeness (QED) is 0.296. The summed E-state index contributed by atoms with van der Waals surface area (Å²) in [6, 6.07) is 11.9. The van der Waals surface area contributed by atoms with Crippen molar-refractivity contribution in [2.75, 3.05) is 0 Å². The zero-order valence-electron chi connectivity index (χ0n) is 24.0. The van der Waals surface area contributed by atoms with Crippen molar-refractivity contribution >= 4 is 17.9 Å². The Morgan fingerprint density at radius 2 is 1.64 bits per heavy atom. The first kappa shape index (κ1) is 31.2. The summed E-state index contributed by atoms with van der Waals surface area (Å²) in [5.41, 5.74) is 2.28. The second kappa shape index (κ2) is 13.7. The number of nitrogens with one attached hydrogen (secondary N) is 2. The van der Waals surface area contributed by atoms with Crippen LogP contribution in [0.2, 0.25) is 0 Å². The molecular formula is C31H41N3O5. The van der Waals surface area contributed by atoms with Crippen molar-refractivity contribution in [1.82, 2.24) is 15.5 Å². The molecule has 3 unspecified atom stereocenters. The molecule has 3 N–H and O–H groups in total. The van der Waals surface area contributed by atoms with Crippen LogP contribution in [0, 0.1) is 26.3 Å².